The summed E-state index contributed by atoms with van der Waals surface area (Å²) in [4.78, 5) is 16.5. The average Bonchev–Trinajstić information content (AvgIpc) is 2.82. The fourth-order valence-electron chi connectivity index (χ4n) is 4.38. The highest BCUT2D eigenvalue weighted by molar-refractivity contribution is 5.94. The first-order valence-electron chi connectivity index (χ1n) is 11.3. The molecule has 1 unspecified atom stereocenters. The summed E-state index contributed by atoms with van der Waals surface area (Å²) in [5.41, 5.74) is 3.23. The highest BCUT2D eigenvalue weighted by Crippen LogP contribution is 2.32. The predicted octanol–water partition coefficient (Wildman–Crippen LogP) is 3.43. The number of nitrogens with one attached hydrogen (secondary N) is 1. The third-order valence-corrected chi connectivity index (χ3v) is 6.19. The van der Waals surface area contributed by atoms with Gasteiger partial charge in [-0.25, -0.2) is 0 Å². The number of nitrogens with zero attached hydrogens (tertiary/aromatic N) is 2. The largest absolute Gasteiger partial charge is 0.493 e. The Morgan fingerprint density at radius 1 is 0.969 bits per heavy atom. The van der Waals surface area contributed by atoms with E-state index in [1.54, 1.807) is 14.2 Å². The van der Waals surface area contributed by atoms with Crippen molar-refractivity contribution >= 4 is 17.3 Å². The van der Waals surface area contributed by atoms with Crippen molar-refractivity contribution in [3.05, 3.63) is 42.0 Å². The first kappa shape index (κ1) is 22.3. The highest BCUT2D eigenvalue weighted by Gasteiger charge is 2.20. The van der Waals surface area contributed by atoms with E-state index in [-0.39, 0.29) is 5.91 Å². The van der Waals surface area contributed by atoms with Gasteiger partial charge in [-0.1, -0.05) is 13.0 Å². The van der Waals surface area contributed by atoms with Gasteiger partial charge in [-0.15, -0.1) is 0 Å². The summed E-state index contributed by atoms with van der Waals surface area (Å²) in [6.07, 6.45) is 1.36. The van der Waals surface area contributed by atoms with Crippen molar-refractivity contribution in [2.75, 3.05) is 63.8 Å². The fourth-order valence-corrected chi connectivity index (χ4v) is 4.38. The Bertz CT molecular complexity index is 941. The minimum Gasteiger partial charge on any atom is -0.493 e. The quantitative estimate of drug-likeness (QED) is 0.680. The van der Waals surface area contributed by atoms with Crippen LogP contribution in [0, 0.1) is 5.92 Å². The Morgan fingerprint density at radius 3 is 2.50 bits per heavy atom. The van der Waals surface area contributed by atoms with E-state index in [2.05, 4.69) is 34.2 Å². The van der Waals surface area contributed by atoms with Crippen molar-refractivity contribution in [3.63, 3.8) is 0 Å². The highest BCUT2D eigenvalue weighted by atomic mass is 16.5. The molecule has 7 heteroatoms. The minimum atomic E-state index is 0.0789. The normalized spacial score (nSPS) is 17.3. The fraction of sp³-hybridized carbons (Fsp3) is 0.480. The maximum Gasteiger partial charge on any atom is 0.224 e. The van der Waals surface area contributed by atoms with Crippen LogP contribution in [0.25, 0.3) is 0 Å². The number of methoxy groups -OCH3 is 2. The van der Waals surface area contributed by atoms with Crippen LogP contribution in [-0.4, -0.2) is 64.4 Å². The Kier molecular flexibility index (Phi) is 7.05. The standard InChI is InChI=1S/C25H33N3O4/c1-18(17-32-21-7-4-19-5-9-25(29)26-22(19)15-21)16-27-10-12-28(13-11-27)20-6-8-23(30-2)24(14-20)31-3/h4,6-8,14-15,18H,5,9-13,16-17H2,1-3H3,(H,26,29). The Morgan fingerprint density at radius 2 is 1.75 bits per heavy atom. The molecule has 0 spiro atoms. The summed E-state index contributed by atoms with van der Waals surface area (Å²) in [7, 11) is 3.33. The Hall–Kier alpha value is -2.93. The maximum absolute atomic E-state index is 11.6. The number of carbonyl (C=O) groups excluding carboxylic acids is 1. The molecule has 4 rings (SSSR count). The minimum absolute atomic E-state index is 0.0789. The number of benzene rings is 2. The summed E-state index contributed by atoms with van der Waals surface area (Å²) >= 11 is 0. The summed E-state index contributed by atoms with van der Waals surface area (Å²) < 4.78 is 16.8. The van der Waals surface area contributed by atoms with Crippen molar-refractivity contribution in [1.29, 1.82) is 0 Å². The zero-order valence-electron chi connectivity index (χ0n) is 19.2. The van der Waals surface area contributed by atoms with Crippen LogP contribution in [0.1, 0.15) is 18.9 Å². The summed E-state index contributed by atoms with van der Waals surface area (Å²) in [6.45, 7) is 7.87. The van der Waals surface area contributed by atoms with Gasteiger partial charge in [0.05, 0.1) is 20.8 Å². The van der Waals surface area contributed by atoms with Gasteiger partial charge in [0.2, 0.25) is 5.91 Å². The molecule has 2 aromatic rings. The lowest BCUT2D eigenvalue weighted by Crippen LogP contribution is -2.48. The number of fused-ring (bicyclic) bond motifs is 1. The molecule has 32 heavy (non-hydrogen) atoms. The lowest BCUT2D eigenvalue weighted by Gasteiger charge is -2.37. The van der Waals surface area contributed by atoms with Gasteiger partial charge in [-0.2, -0.15) is 0 Å². The molecular formula is C25H33N3O4. The van der Waals surface area contributed by atoms with Crippen LogP contribution in [0.4, 0.5) is 11.4 Å². The number of ether oxygens (including phenoxy) is 3. The van der Waals surface area contributed by atoms with E-state index in [4.69, 9.17) is 14.2 Å². The average molecular weight is 440 g/mol. The number of carbonyl (C=O) groups is 1. The van der Waals surface area contributed by atoms with Crippen molar-refractivity contribution in [3.8, 4) is 17.2 Å². The van der Waals surface area contributed by atoms with E-state index in [9.17, 15) is 4.79 Å². The van der Waals surface area contributed by atoms with E-state index < -0.39 is 0 Å². The number of rotatable bonds is 8. The molecule has 0 radical (unpaired) electrons. The van der Waals surface area contributed by atoms with E-state index >= 15 is 0 Å². The van der Waals surface area contributed by atoms with Gasteiger partial charge < -0.3 is 24.4 Å². The molecule has 1 fully saturated rings. The van der Waals surface area contributed by atoms with Crippen LogP contribution in [-0.2, 0) is 11.2 Å². The summed E-state index contributed by atoms with van der Waals surface area (Å²) in [6, 6.07) is 12.1. The van der Waals surface area contributed by atoms with E-state index in [1.807, 2.05) is 24.3 Å². The molecule has 0 saturated carbocycles. The molecule has 172 valence electrons. The molecule has 2 aliphatic heterocycles. The van der Waals surface area contributed by atoms with Gasteiger partial charge in [-0.3, -0.25) is 9.69 Å². The van der Waals surface area contributed by atoms with E-state index in [1.165, 1.54) is 5.56 Å². The number of aryl methyl sites for hydroxylation is 1. The number of piperazine rings is 1. The molecule has 1 amide bonds. The Labute approximate surface area is 190 Å². The second kappa shape index (κ2) is 10.1. The van der Waals surface area contributed by atoms with Gasteiger partial charge in [0, 0.05) is 68.6 Å². The van der Waals surface area contributed by atoms with Crippen LogP contribution in [0.2, 0.25) is 0 Å². The zero-order chi connectivity index (χ0) is 22.5. The molecular weight excluding hydrogens is 406 g/mol. The molecule has 2 aromatic carbocycles. The smallest absolute Gasteiger partial charge is 0.224 e. The van der Waals surface area contributed by atoms with Gasteiger partial charge in [0.1, 0.15) is 5.75 Å². The summed E-state index contributed by atoms with van der Waals surface area (Å²) in [5.74, 6) is 2.82. The molecule has 0 bridgehead atoms. The molecule has 7 nitrogen and oxygen atoms in total. The van der Waals surface area contributed by atoms with Gasteiger partial charge in [0.15, 0.2) is 11.5 Å². The third kappa shape index (κ3) is 5.27. The molecule has 1 saturated heterocycles. The Balaban J connectivity index is 1.24. The van der Waals surface area contributed by atoms with E-state index in [0.29, 0.717) is 18.9 Å². The number of anilines is 2. The van der Waals surface area contributed by atoms with Crippen molar-refractivity contribution < 1.29 is 19.0 Å². The molecule has 1 N–H and O–H groups in total. The topological polar surface area (TPSA) is 63.3 Å². The maximum atomic E-state index is 11.6. The molecule has 1 atom stereocenters. The van der Waals surface area contributed by atoms with Gasteiger partial charge in [0.25, 0.3) is 0 Å². The van der Waals surface area contributed by atoms with E-state index in [0.717, 1.165) is 67.8 Å². The van der Waals surface area contributed by atoms with Gasteiger partial charge >= 0.3 is 0 Å². The molecule has 2 aliphatic rings. The summed E-state index contributed by atoms with van der Waals surface area (Å²) in [5, 5.41) is 2.94. The van der Waals surface area contributed by atoms with Crippen LogP contribution < -0.4 is 24.4 Å². The predicted molar refractivity (Wildman–Crippen MR) is 126 cm³/mol. The molecule has 2 heterocycles. The lowest BCUT2D eigenvalue weighted by atomic mass is 10.0. The van der Waals surface area contributed by atoms with Crippen LogP contribution in [0.15, 0.2) is 36.4 Å². The first-order valence-corrected chi connectivity index (χ1v) is 11.3. The second-order valence-corrected chi connectivity index (χ2v) is 8.61. The second-order valence-electron chi connectivity index (χ2n) is 8.61. The van der Waals surface area contributed by atoms with Crippen molar-refractivity contribution in [2.24, 2.45) is 5.92 Å². The number of amides is 1. The molecule has 0 aliphatic carbocycles. The molecule has 0 aromatic heterocycles. The van der Waals surface area contributed by atoms with Crippen LogP contribution >= 0.6 is 0 Å². The number of hydrogen-bond acceptors (Lipinski definition) is 6. The van der Waals surface area contributed by atoms with Crippen LogP contribution in [0.3, 0.4) is 0 Å². The monoisotopic (exact) mass is 439 g/mol. The van der Waals surface area contributed by atoms with Crippen LogP contribution in [0.5, 0.6) is 17.2 Å². The SMILES string of the molecule is COc1ccc(N2CCN(CC(C)COc3ccc4c(c3)NC(=O)CC4)CC2)cc1OC. The van der Waals surface area contributed by atoms with Gasteiger partial charge in [-0.05, 0) is 30.2 Å². The third-order valence-electron chi connectivity index (χ3n) is 6.19. The van der Waals surface area contributed by atoms with Crippen molar-refractivity contribution in [1.82, 2.24) is 4.90 Å². The van der Waals surface area contributed by atoms with Crippen molar-refractivity contribution in [2.45, 2.75) is 19.8 Å². The zero-order valence-corrected chi connectivity index (χ0v) is 19.2. The number of hydrogen-bond donors (Lipinski definition) is 1. The lowest BCUT2D eigenvalue weighted by molar-refractivity contribution is -0.116. The first-order chi connectivity index (χ1) is 15.6.